The Morgan fingerprint density at radius 3 is 1.88 bits per heavy atom. The average Bonchev–Trinajstić information content (AvgIpc) is 4.14. The summed E-state index contributed by atoms with van der Waals surface area (Å²) in [6.45, 7) is 58.0. The van der Waals surface area contributed by atoms with Crippen LogP contribution in [0.2, 0.25) is 72.5 Å². The van der Waals surface area contributed by atoms with E-state index < -0.39 is 88.2 Å². The number of ketones is 1. The SMILES string of the molecule is C=CCCC[C@H]1CC2(CI)OC(C[C@@H](C)C(=C)[C@H](O)CC3OC(C[C@@H](CO[Si](C)(C)C(C)(C)C)O[Si](C)(C)C(C)(C)C)[C@H](OC)C3CC(=O)C[C@H]3CC[C@@H]4O[C@@H]([C@H](C)O[Si](C)(C)C(C)(C)C)C(O[Si](C)(C)C(C)(C)C)[C@@H](O)[C@H]4O3)CC[C@@H]2O1. The Morgan fingerprint density at radius 2 is 1.31 bits per heavy atom. The van der Waals surface area contributed by atoms with E-state index in [1.807, 2.05) is 6.08 Å². The quantitative estimate of drug-likeness (QED) is 0.0252. The van der Waals surface area contributed by atoms with Crippen LogP contribution in [-0.2, 0) is 50.9 Å². The number of ether oxygens (including phenoxy) is 6. The Hall–Kier alpha value is 0.268. The van der Waals surface area contributed by atoms with Crippen molar-refractivity contribution >= 4 is 61.6 Å². The van der Waals surface area contributed by atoms with Crippen LogP contribution in [0.3, 0.4) is 0 Å². The van der Waals surface area contributed by atoms with Gasteiger partial charge in [-0.2, -0.15) is 0 Å². The molecule has 0 bridgehead atoms. The predicted molar refractivity (Wildman–Crippen MR) is 356 cm³/mol. The summed E-state index contributed by atoms with van der Waals surface area (Å²) in [7, 11) is -7.41. The molecule has 5 heterocycles. The highest BCUT2D eigenvalue weighted by molar-refractivity contribution is 14.1. The molecule has 0 amide bonds. The monoisotopic (exact) mass is 1350 g/mol. The number of rotatable bonds is 28. The molecule has 0 aromatic heterocycles. The van der Waals surface area contributed by atoms with Crippen LogP contribution < -0.4 is 0 Å². The minimum Gasteiger partial charge on any atom is -0.414 e. The molecule has 5 aliphatic rings. The summed E-state index contributed by atoms with van der Waals surface area (Å²) < 4.78 is 70.3. The molecule has 18 atom stereocenters. The highest BCUT2D eigenvalue weighted by Crippen LogP contribution is 2.49. The topological polar surface area (TPSA) is 150 Å². The molecule has 5 aliphatic heterocycles. The standard InChI is InChI=1S/C65H123IO13Si4/c1-26-27-28-29-48-39-65(41-66)55(72-48)33-31-47(76-65)34-42(2)43(3)51(68)38-53-50(58(70-17)54(74-53)37-49(78-82(22,23)63(11,12)13)40-71-80(18,19)61(5,6)7)36-45(67)35-46-30-32-52-59(73-46)56(69)60(79-83(24,25)64(14,15)16)57(75-52)44(4)77-81(20,21)62(8,9)10/h26,42,44,46-60,68-69H,1,3,27-41H2,2,4-25H3/t42-,44+,46-,47?,48+,49+,50?,51-,52+,53?,54?,55+,56+,57+,58-,59+,60?,65?/m1/s1. The molecule has 0 aromatic rings. The lowest BCUT2D eigenvalue weighted by Gasteiger charge is -2.53. The van der Waals surface area contributed by atoms with Gasteiger partial charge in [-0.1, -0.05) is 125 Å². The number of hydrogen-bond donors (Lipinski definition) is 2. The number of alkyl halides is 1. The van der Waals surface area contributed by atoms with Crippen molar-refractivity contribution in [3.8, 4) is 0 Å². The van der Waals surface area contributed by atoms with Crippen molar-refractivity contribution in [2.75, 3.05) is 18.1 Å². The lowest BCUT2D eigenvalue weighted by atomic mass is 9.82. The molecular formula is C65H123IO13Si4. The highest BCUT2D eigenvalue weighted by atomic mass is 127. The van der Waals surface area contributed by atoms with Crippen LogP contribution in [0.25, 0.3) is 0 Å². The van der Waals surface area contributed by atoms with Gasteiger partial charge in [0.1, 0.15) is 35.8 Å². The second-order valence-electron chi connectivity index (χ2n) is 32.3. The fourth-order valence-corrected chi connectivity index (χ4v) is 18.3. The molecule has 6 unspecified atom stereocenters. The first-order valence-corrected chi connectivity index (χ1v) is 45.3. The van der Waals surface area contributed by atoms with Crippen molar-refractivity contribution in [2.24, 2.45) is 11.8 Å². The van der Waals surface area contributed by atoms with Crippen LogP contribution in [-0.4, -0.2) is 165 Å². The Kier molecular flexibility index (Phi) is 25.7. The maximum absolute atomic E-state index is 14.9. The van der Waals surface area contributed by atoms with Gasteiger partial charge in [0.05, 0.1) is 73.8 Å². The first-order valence-electron chi connectivity index (χ1n) is 32.2. The Balaban J connectivity index is 1.38. The van der Waals surface area contributed by atoms with Crippen molar-refractivity contribution < 1.29 is 61.1 Å². The largest absolute Gasteiger partial charge is 0.414 e. The van der Waals surface area contributed by atoms with Crippen LogP contribution in [0, 0.1) is 11.8 Å². The number of fused-ring (bicyclic) bond motifs is 2. The maximum atomic E-state index is 14.9. The molecule has 18 heteroatoms. The van der Waals surface area contributed by atoms with Crippen LogP contribution >= 0.6 is 22.6 Å². The summed E-state index contributed by atoms with van der Waals surface area (Å²) in [5.74, 6) is -0.382. The first kappa shape index (κ1) is 74.0. The Labute approximate surface area is 524 Å². The van der Waals surface area contributed by atoms with E-state index in [2.05, 4.69) is 185 Å². The van der Waals surface area contributed by atoms with Crippen molar-refractivity contribution in [2.45, 2.75) is 350 Å². The third-order valence-electron chi connectivity index (χ3n) is 21.8. The summed E-state index contributed by atoms with van der Waals surface area (Å²) in [5.41, 5.74) is 0.443. The minimum atomic E-state index is -2.43. The van der Waals surface area contributed by atoms with Crippen molar-refractivity contribution in [3.63, 3.8) is 0 Å². The number of carbonyl (C=O) groups excluding carboxylic acids is 1. The molecule has 83 heavy (non-hydrogen) atoms. The van der Waals surface area contributed by atoms with E-state index in [1.165, 1.54) is 0 Å². The van der Waals surface area contributed by atoms with Gasteiger partial charge in [-0.3, -0.25) is 4.79 Å². The maximum Gasteiger partial charge on any atom is 0.192 e. The number of aliphatic hydroxyl groups is 2. The van der Waals surface area contributed by atoms with Crippen LogP contribution in [0.4, 0.5) is 0 Å². The fourth-order valence-electron chi connectivity index (χ4n) is 12.2. The summed E-state index contributed by atoms with van der Waals surface area (Å²) in [4.78, 5) is 14.9. The van der Waals surface area contributed by atoms with E-state index in [0.717, 1.165) is 54.9 Å². The van der Waals surface area contributed by atoms with Gasteiger partial charge in [0.15, 0.2) is 33.3 Å². The molecule has 13 nitrogen and oxygen atoms in total. The second kappa shape index (κ2) is 28.8. The zero-order valence-electron chi connectivity index (χ0n) is 56.7. The molecule has 0 aliphatic carbocycles. The Bertz CT molecular complexity index is 2100. The zero-order valence-corrected chi connectivity index (χ0v) is 62.8. The zero-order chi connectivity index (χ0) is 62.9. The van der Waals surface area contributed by atoms with Gasteiger partial charge in [0.25, 0.3) is 0 Å². The number of carbonyl (C=O) groups is 1. The molecule has 0 spiro atoms. The molecular weight excluding hydrogens is 1230 g/mol. The van der Waals surface area contributed by atoms with E-state index >= 15 is 0 Å². The van der Waals surface area contributed by atoms with Gasteiger partial charge in [0, 0.05) is 49.6 Å². The number of aliphatic hydroxyl groups excluding tert-OH is 2. The van der Waals surface area contributed by atoms with Gasteiger partial charge >= 0.3 is 0 Å². The lowest BCUT2D eigenvalue weighted by molar-refractivity contribution is -0.271. The number of Topliss-reactive ketones (excluding diaryl/α,β-unsaturated/α-hetero) is 1. The summed E-state index contributed by atoms with van der Waals surface area (Å²) in [5, 5.41) is 24.7. The normalized spacial score (nSPS) is 33.1. The van der Waals surface area contributed by atoms with E-state index in [4.69, 9.17) is 46.1 Å². The van der Waals surface area contributed by atoms with Gasteiger partial charge in [0.2, 0.25) is 0 Å². The van der Waals surface area contributed by atoms with Crippen LogP contribution in [0.1, 0.15) is 180 Å². The summed E-state index contributed by atoms with van der Waals surface area (Å²) in [6.07, 6.45) is 4.65. The van der Waals surface area contributed by atoms with Crippen molar-refractivity contribution in [1.82, 2.24) is 0 Å². The number of unbranched alkanes of at least 4 members (excludes halogenated alkanes) is 1. The van der Waals surface area contributed by atoms with E-state index in [-0.39, 0.29) is 99.3 Å². The number of allylic oxidation sites excluding steroid dienone is 1. The predicted octanol–water partition coefficient (Wildman–Crippen LogP) is 15.2. The molecule has 0 radical (unpaired) electrons. The highest BCUT2D eigenvalue weighted by Gasteiger charge is 2.57. The van der Waals surface area contributed by atoms with Crippen LogP contribution in [0.15, 0.2) is 24.8 Å². The number of hydrogen-bond acceptors (Lipinski definition) is 13. The minimum absolute atomic E-state index is 0.00725. The van der Waals surface area contributed by atoms with E-state index in [0.29, 0.717) is 25.9 Å². The number of halogens is 1. The summed E-state index contributed by atoms with van der Waals surface area (Å²) >= 11 is 2.48. The van der Waals surface area contributed by atoms with E-state index in [9.17, 15) is 15.0 Å². The Morgan fingerprint density at radius 1 is 0.723 bits per heavy atom. The molecule has 5 fully saturated rings. The van der Waals surface area contributed by atoms with Gasteiger partial charge in [-0.05, 0) is 142 Å². The number of methoxy groups -OCH3 is 1. The fraction of sp³-hybridized carbons (Fsp3) is 0.923. The molecule has 484 valence electrons. The molecule has 5 rings (SSSR count). The van der Waals surface area contributed by atoms with Gasteiger partial charge in [-0.15, -0.1) is 6.58 Å². The van der Waals surface area contributed by atoms with Crippen LogP contribution in [0.5, 0.6) is 0 Å². The van der Waals surface area contributed by atoms with Crippen molar-refractivity contribution in [3.05, 3.63) is 24.8 Å². The molecule has 2 N–H and O–H groups in total. The van der Waals surface area contributed by atoms with Gasteiger partial charge < -0.3 is 56.3 Å². The molecule has 0 aromatic carbocycles. The summed E-state index contributed by atoms with van der Waals surface area (Å²) in [6, 6.07) is 0. The molecule has 5 saturated heterocycles. The second-order valence-corrected chi connectivity index (χ2v) is 52.2. The molecule has 0 saturated carbocycles. The average molecular weight is 1350 g/mol. The smallest absolute Gasteiger partial charge is 0.192 e. The lowest BCUT2D eigenvalue weighted by Crippen LogP contribution is -2.66. The first-order chi connectivity index (χ1) is 37.9. The van der Waals surface area contributed by atoms with Gasteiger partial charge in [-0.25, -0.2) is 0 Å². The third kappa shape index (κ3) is 18.5. The van der Waals surface area contributed by atoms with Crippen molar-refractivity contribution in [1.29, 1.82) is 0 Å². The third-order valence-corrected chi connectivity index (χ3v) is 41.1. The van der Waals surface area contributed by atoms with E-state index in [1.54, 1.807) is 7.11 Å².